The first kappa shape index (κ1) is 25.7. The van der Waals surface area contributed by atoms with E-state index in [1.807, 2.05) is 73.1 Å². The number of hydrogen-bond donors (Lipinski definition) is 1. The fraction of sp³-hybridized carbons (Fsp3) is 0.393. The Bertz CT molecular complexity index is 1050. The SMILES string of the molecule is C=CCOCC(O)CN(Cc1c(C)nn(-c2ccccc2)c1Oc1cccc(C)c1)CC(C)C. The Morgan fingerprint density at radius 1 is 1.09 bits per heavy atom. The lowest BCUT2D eigenvalue weighted by Gasteiger charge is -2.27. The molecule has 0 bridgehead atoms. The van der Waals surface area contributed by atoms with Crippen LogP contribution in [-0.4, -0.2) is 52.2 Å². The lowest BCUT2D eigenvalue weighted by Crippen LogP contribution is -2.37. The summed E-state index contributed by atoms with van der Waals surface area (Å²) in [5.41, 5.74) is 3.97. The molecule has 3 aromatic rings. The first-order chi connectivity index (χ1) is 16.4. The molecule has 0 saturated heterocycles. The summed E-state index contributed by atoms with van der Waals surface area (Å²) in [7, 11) is 0. The van der Waals surface area contributed by atoms with Gasteiger partial charge in [0.2, 0.25) is 5.88 Å². The molecule has 0 aliphatic heterocycles. The van der Waals surface area contributed by atoms with E-state index >= 15 is 0 Å². The van der Waals surface area contributed by atoms with Crippen LogP contribution in [0.5, 0.6) is 11.6 Å². The lowest BCUT2D eigenvalue weighted by atomic mass is 10.1. The summed E-state index contributed by atoms with van der Waals surface area (Å²) >= 11 is 0. The highest BCUT2D eigenvalue weighted by molar-refractivity contribution is 5.43. The average molecular weight is 464 g/mol. The van der Waals surface area contributed by atoms with Crippen molar-refractivity contribution in [2.24, 2.45) is 5.92 Å². The van der Waals surface area contributed by atoms with Crippen molar-refractivity contribution in [3.63, 3.8) is 0 Å². The molecule has 0 spiro atoms. The van der Waals surface area contributed by atoms with Crippen molar-refractivity contribution in [3.05, 3.63) is 84.1 Å². The predicted octanol–water partition coefficient (Wildman–Crippen LogP) is 5.30. The minimum absolute atomic E-state index is 0.273. The number of benzene rings is 2. The van der Waals surface area contributed by atoms with Gasteiger partial charge in [-0.1, -0.05) is 50.3 Å². The highest BCUT2D eigenvalue weighted by atomic mass is 16.5. The Balaban J connectivity index is 1.94. The second-order valence-corrected chi connectivity index (χ2v) is 9.10. The zero-order valence-electron chi connectivity index (χ0n) is 20.8. The van der Waals surface area contributed by atoms with Gasteiger partial charge in [0.1, 0.15) is 5.75 Å². The number of para-hydroxylation sites is 1. The lowest BCUT2D eigenvalue weighted by molar-refractivity contribution is 0.0222. The summed E-state index contributed by atoms with van der Waals surface area (Å²) < 4.78 is 13.8. The fourth-order valence-corrected chi connectivity index (χ4v) is 3.94. The van der Waals surface area contributed by atoms with E-state index in [0.29, 0.717) is 31.5 Å². The molecule has 0 amide bonds. The third-order valence-electron chi connectivity index (χ3n) is 5.36. The number of hydrogen-bond acceptors (Lipinski definition) is 5. The third kappa shape index (κ3) is 7.29. The molecule has 0 radical (unpaired) electrons. The summed E-state index contributed by atoms with van der Waals surface area (Å²) in [5.74, 6) is 1.90. The van der Waals surface area contributed by atoms with Gasteiger partial charge < -0.3 is 14.6 Å². The molecule has 0 fully saturated rings. The van der Waals surface area contributed by atoms with E-state index in [0.717, 1.165) is 34.8 Å². The van der Waals surface area contributed by atoms with Gasteiger partial charge >= 0.3 is 0 Å². The van der Waals surface area contributed by atoms with E-state index in [1.165, 1.54) is 0 Å². The molecule has 1 unspecified atom stereocenters. The van der Waals surface area contributed by atoms with Gasteiger partial charge in [-0.3, -0.25) is 4.90 Å². The molecule has 34 heavy (non-hydrogen) atoms. The molecule has 6 heteroatoms. The molecular weight excluding hydrogens is 426 g/mol. The minimum atomic E-state index is -0.593. The van der Waals surface area contributed by atoms with Crippen LogP contribution in [0.25, 0.3) is 5.69 Å². The van der Waals surface area contributed by atoms with Crippen molar-refractivity contribution in [1.82, 2.24) is 14.7 Å². The number of aromatic nitrogens is 2. The van der Waals surface area contributed by atoms with E-state index < -0.39 is 6.10 Å². The first-order valence-electron chi connectivity index (χ1n) is 11.8. The number of aryl methyl sites for hydroxylation is 2. The van der Waals surface area contributed by atoms with Gasteiger partial charge in [0, 0.05) is 19.6 Å². The van der Waals surface area contributed by atoms with Crippen molar-refractivity contribution < 1.29 is 14.6 Å². The van der Waals surface area contributed by atoms with E-state index in [9.17, 15) is 5.11 Å². The summed E-state index contributed by atoms with van der Waals surface area (Å²) in [6.07, 6.45) is 1.10. The van der Waals surface area contributed by atoms with Crippen LogP contribution < -0.4 is 4.74 Å². The topological polar surface area (TPSA) is 59.8 Å². The number of aliphatic hydroxyl groups excluding tert-OH is 1. The Hall–Kier alpha value is -2.93. The normalized spacial score (nSPS) is 12.3. The van der Waals surface area contributed by atoms with Crippen LogP contribution >= 0.6 is 0 Å². The monoisotopic (exact) mass is 463 g/mol. The van der Waals surface area contributed by atoms with Crippen LogP contribution in [0.15, 0.2) is 67.3 Å². The Morgan fingerprint density at radius 3 is 2.53 bits per heavy atom. The summed E-state index contributed by atoms with van der Waals surface area (Å²) in [6.45, 7) is 14.7. The van der Waals surface area contributed by atoms with Crippen LogP contribution in [0.3, 0.4) is 0 Å². The van der Waals surface area contributed by atoms with E-state index in [2.05, 4.69) is 25.3 Å². The molecule has 2 aromatic carbocycles. The third-order valence-corrected chi connectivity index (χ3v) is 5.36. The quantitative estimate of drug-likeness (QED) is 0.275. The molecule has 6 nitrogen and oxygen atoms in total. The molecular formula is C28H37N3O3. The molecule has 182 valence electrons. The maximum atomic E-state index is 10.6. The van der Waals surface area contributed by atoms with Crippen molar-refractivity contribution >= 4 is 0 Å². The maximum absolute atomic E-state index is 10.6. The van der Waals surface area contributed by atoms with Gasteiger partial charge in [0.25, 0.3) is 0 Å². The van der Waals surface area contributed by atoms with Crippen LogP contribution in [0.1, 0.15) is 30.7 Å². The zero-order valence-corrected chi connectivity index (χ0v) is 20.8. The van der Waals surface area contributed by atoms with Gasteiger partial charge in [-0.05, 0) is 49.6 Å². The maximum Gasteiger partial charge on any atom is 0.227 e. The smallest absolute Gasteiger partial charge is 0.227 e. The predicted molar refractivity (Wildman–Crippen MR) is 137 cm³/mol. The standard InChI is InChI=1S/C28H37N3O3/c1-6-15-33-20-25(32)18-30(17-21(2)3)19-27-23(5)29-31(24-12-8-7-9-13-24)28(27)34-26-14-10-11-22(4)16-26/h6-14,16,21,25,32H,1,15,17-20H2,2-5H3. The molecule has 0 saturated carbocycles. The van der Waals surface area contributed by atoms with Gasteiger partial charge in [0.15, 0.2) is 0 Å². The number of ether oxygens (including phenoxy) is 2. The number of rotatable bonds is 13. The zero-order chi connectivity index (χ0) is 24.5. The second kappa shape index (κ2) is 12.5. The van der Waals surface area contributed by atoms with Gasteiger partial charge in [0.05, 0.1) is 36.3 Å². The van der Waals surface area contributed by atoms with Crippen LogP contribution in [0.2, 0.25) is 0 Å². The second-order valence-electron chi connectivity index (χ2n) is 9.10. The van der Waals surface area contributed by atoms with E-state index in [-0.39, 0.29) is 6.61 Å². The Kier molecular flexibility index (Phi) is 9.45. The summed E-state index contributed by atoms with van der Waals surface area (Å²) in [5, 5.41) is 15.4. The summed E-state index contributed by atoms with van der Waals surface area (Å²) in [6, 6.07) is 18.0. The highest BCUT2D eigenvalue weighted by Crippen LogP contribution is 2.32. The van der Waals surface area contributed by atoms with Crippen molar-refractivity contribution in [2.45, 2.75) is 40.3 Å². The van der Waals surface area contributed by atoms with Crippen LogP contribution in [-0.2, 0) is 11.3 Å². The Labute approximate surface area is 203 Å². The Morgan fingerprint density at radius 2 is 1.85 bits per heavy atom. The highest BCUT2D eigenvalue weighted by Gasteiger charge is 2.23. The molecule has 3 rings (SSSR count). The van der Waals surface area contributed by atoms with Crippen molar-refractivity contribution in [2.75, 3.05) is 26.3 Å². The molecule has 0 aliphatic rings. The fourth-order valence-electron chi connectivity index (χ4n) is 3.94. The molecule has 1 atom stereocenters. The van der Waals surface area contributed by atoms with E-state index in [1.54, 1.807) is 6.08 Å². The van der Waals surface area contributed by atoms with Gasteiger partial charge in [-0.2, -0.15) is 5.10 Å². The van der Waals surface area contributed by atoms with Crippen LogP contribution in [0, 0.1) is 19.8 Å². The molecule has 0 aliphatic carbocycles. The molecule has 1 aromatic heterocycles. The van der Waals surface area contributed by atoms with Gasteiger partial charge in [-0.25, -0.2) is 4.68 Å². The largest absolute Gasteiger partial charge is 0.439 e. The molecule has 1 heterocycles. The van der Waals surface area contributed by atoms with Crippen molar-refractivity contribution in [3.8, 4) is 17.3 Å². The minimum Gasteiger partial charge on any atom is -0.439 e. The number of aliphatic hydroxyl groups is 1. The van der Waals surface area contributed by atoms with E-state index in [4.69, 9.17) is 14.6 Å². The first-order valence-corrected chi connectivity index (χ1v) is 11.8. The number of nitrogens with zero attached hydrogens (tertiary/aromatic N) is 3. The van der Waals surface area contributed by atoms with Crippen LogP contribution in [0.4, 0.5) is 0 Å². The van der Waals surface area contributed by atoms with Gasteiger partial charge in [-0.15, -0.1) is 6.58 Å². The molecule has 1 N–H and O–H groups in total. The average Bonchev–Trinajstić information content (AvgIpc) is 3.09. The van der Waals surface area contributed by atoms with Crippen molar-refractivity contribution in [1.29, 1.82) is 0 Å². The summed E-state index contributed by atoms with van der Waals surface area (Å²) in [4.78, 5) is 2.25.